The number of hydrogen-bond acceptors (Lipinski definition) is 4. The van der Waals surface area contributed by atoms with Crippen LogP contribution in [0, 0.1) is 17.0 Å². The molecule has 0 saturated carbocycles. The number of nitrogens with one attached hydrogen (secondary N) is 2. The number of thiophene rings is 1. The summed E-state index contributed by atoms with van der Waals surface area (Å²) in [5.41, 5.74) is 1.06. The van der Waals surface area contributed by atoms with Crippen LogP contribution in [0.4, 0.5) is 5.69 Å². The highest BCUT2D eigenvalue weighted by atomic mass is 127. The van der Waals surface area contributed by atoms with Gasteiger partial charge in [0.25, 0.3) is 5.69 Å². The van der Waals surface area contributed by atoms with Crippen molar-refractivity contribution in [1.82, 2.24) is 10.6 Å². The molecule has 136 valence electrons. The Morgan fingerprint density at radius 3 is 2.48 bits per heavy atom. The van der Waals surface area contributed by atoms with E-state index >= 15 is 0 Å². The van der Waals surface area contributed by atoms with Crippen molar-refractivity contribution in [3.63, 3.8) is 0 Å². The Balaban J connectivity index is 0.00000312. The van der Waals surface area contributed by atoms with Gasteiger partial charge in [0, 0.05) is 47.9 Å². The van der Waals surface area contributed by atoms with Gasteiger partial charge in [0.05, 0.1) is 4.92 Å². The van der Waals surface area contributed by atoms with Crippen LogP contribution in [0.5, 0.6) is 0 Å². The maximum atomic E-state index is 10.7. The second-order valence-corrected chi connectivity index (χ2v) is 6.98. The van der Waals surface area contributed by atoms with E-state index in [2.05, 4.69) is 41.6 Å². The molecule has 2 aromatic rings. The molecule has 0 fully saturated rings. The molecule has 6 nitrogen and oxygen atoms in total. The number of non-ortho nitro benzene ring substituents is 1. The van der Waals surface area contributed by atoms with Gasteiger partial charge in [-0.2, -0.15) is 0 Å². The van der Waals surface area contributed by atoms with Crippen LogP contribution in [-0.2, 0) is 13.0 Å². The van der Waals surface area contributed by atoms with E-state index in [1.54, 1.807) is 19.2 Å². The molecule has 1 aromatic heterocycles. The lowest BCUT2D eigenvalue weighted by molar-refractivity contribution is -0.384. The van der Waals surface area contributed by atoms with Crippen molar-refractivity contribution in [3.05, 3.63) is 61.8 Å². The molecule has 25 heavy (non-hydrogen) atoms. The number of benzene rings is 1. The molecule has 1 heterocycles. The van der Waals surface area contributed by atoms with Crippen LogP contribution in [0.3, 0.4) is 0 Å². The summed E-state index contributed by atoms with van der Waals surface area (Å²) in [5.74, 6) is 0.717. The minimum absolute atomic E-state index is 0. The summed E-state index contributed by atoms with van der Waals surface area (Å²) >= 11 is 1.81. The highest BCUT2D eigenvalue weighted by Crippen LogP contribution is 2.16. The Bertz CT molecular complexity index is 716. The number of guanidine groups is 1. The van der Waals surface area contributed by atoms with E-state index in [0.717, 1.165) is 12.0 Å². The summed E-state index contributed by atoms with van der Waals surface area (Å²) in [7, 11) is 1.73. The summed E-state index contributed by atoms with van der Waals surface area (Å²) in [5, 5.41) is 17.2. The van der Waals surface area contributed by atoms with E-state index in [4.69, 9.17) is 0 Å². The van der Waals surface area contributed by atoms with Crippen molar-refractivity contribution in [2.45, 2.75) is 32.9 Å². The fourth-order valence-corrected chi connectivity index (χ4v) is 3.32. The van der Waals surface area contributed by atoms with Crippen LogP contribution < -0.4 is 10.6 Å². The molecule has 1 atom stereocenters. The van der Waals surface area contributed by atoms with E-state index < -0.39 is 4.92 Å². The lowest BCUT2D eigenvalue weighted by Gasteiger charge is -2.17. The van der Waals surface area contributed by atoms with Gasteiger partial charge in [0.2, 0.25) is 0 Å². The van der Waals surface area contributed by atoms with Crippen LogP contribution in [0.1, 0.15) is 22.2 Å². The van der Waals surface area contributed by atoms with Crippen LogP contribution >= 0.6 is 35.3 Å². The SMILES string of the molecule is CN=C(NCc1ccc([N+](=O)[O-])cc1)NC(C)Cc1ccc(C)s1.I. The third kappa shape index (κ3) is 6.99. The predicted molar refractivity (Wildman–Crippen MR) is 114 cm³/mol. The molecule has 0 saturated heterocycles. The third-order valence-corrected chi connectivity index (χ3v) is 4.54. The van der Waals surface area contributed by atoms with Crippen molar-refractivity contribution in [1.29, 1.82) is 0 Å². The van der Waals surface area contributed by atoms with Crippen molar-refractivity contribution in [3.8, 4) is 0 Å². The molecule has 2 N–H and O–H groups in total. The first-order chi connectivity index (χ1) is 11.5. The van der Waals surface area contributed by atoms with Gasteiger partial charge in [-0.3, -0.25) is 15.1 Å². The fraction of sp³-hybridized carbons (Fsp3) is 0.353. The van der Waals surface area contributed by atoms with E-state index in [9.17, 15) is 10.1 Å². The molecule has 1 aromatic carbocycles. The minimum Gasteiger partial charge on any atom is -0.354 e. The molecule has 2 rings (SSSR count). The zero-order chi connectivity index (χ0) is 17.5. The lowest BCUT2D eigenvalue weighted by Crippen LogP contribution is -2.42. The largest absolute Gasteiger partial charge is 0.354 e. The van der Waals surface area contributed by atoms with Crippen molar-refractivity contribution in [2.75, 3.05) is 7.05 Å². The summed E-state index contributed by atoms with van der Waals surface area (Å²) in [6, 6.07) is 11.1. The number of nitro benzene ring substituents is 1. The quantitative estimate of drug-likeness (QED) is 0.219. The molecule has 0 spiro atoms. The topological polar surface area (TPSA) is 79.6 Å². The van der Waals surface area contributed by atoms with Crippen LogP contribution in [-0.4, -0.2) is 24.0 Å². The maximum Gasteiger partial charge on any atom is 0.269 e. The number of nitrogens with zero attached hydrogens (tertiary/aromatic N) is 2. The van der Waals surface area contributed by atoms with Crippen molar-refractivity contribution < 1.29 is 4.92 Å². The molecule has 1 unspecified atom stereocenters. The number of rotatable bonds is 6. The van der Waals surface area contributed by atoms with E-state index in [0.29, 0.717) is 12.5 Å². The zero-order valence-electron chi connectivity index (χ0n) is 14.5. The number of aryl methyl sites for hydroxylation is 1. The first kappa shape index (κ1) is 21.4. The van der Waals surface area contributed by atoms with Crippen molar-refractivity contribution >= 4 is 47.0 Å². The molecule has 0 amide bonds. The summed E-state index contributed by atoms with van der Waals surface area (Å²) in [6.45, 7) is 4.78. The monoisotopic (exact) mass is 474 g/mol. The molecule has 0 aliphatic carbocycles. The lowest BCUT2D eigenvalue weighted by atomic mass is 10.2. The molecule has 0 aliphatic rings. The van der Waals surface area contributed by atoms with Crippen LogP contribution in [0.2, 0.25) is 0 Å². The van der Waals surface area contributed by atoms with Crippen LogP contribution in [0.25, 0.3) is 0 Å². The van der Waals surface area contributed by atoms with Gasteiger partial charge in [-0.05, 0) is 31.5 Å². The Labute approximate surface area is 168 Å². The van der Waals surface area contributed by atoms with Crippen LogP contribution in [0.15, 0.2) is 41.4 Å². The number of hydrogen-bond donors (Lipinski definition) is 2. The van der Waals surface area contributed by atoms with E-state index in [1.165, 1.54) is 21.9 Å². The predicted octanol–water partition coefficient (Wildman–Crippen LogP) is 3.88. The average molecular weight is 474 g/mol. The minimum atomic E-state index is -0.397. The first-order valence-corrected chi connectivity index (χ1v) is 8.55. The highest BCUT2D eigenvalue weighted by Gasteiger charge is 2.08. The second kappa shape index (κ2) is 10.3. The Hall–Kier alpha value is -1.68. The fourth-order valence-electron chi connectivity index (χ4n) is 2.30. The number of nitro groups is 1. The van der Waals surface area contributed by atoms with Gasteiger partial charge in [-0.1, -0.05) is 12.1 Å². The molecule has 0 bridgehead atoms. The highest BCUT2D eigenvalue weighted by molar-refractivity contribution is 14.0. The number of halogens is 1. The first-order valence-electron chi connectivity index (χ1n) is 7.73. The Morgan fingerprint density at radius 2 is 1.96 bits per heavy atom. The third-order valence-electron chi connectivity index (χ3n) is 3.52. The van der Waals surface area contributed by atoms with E-state index in [-0.39, 0.29) is 35.7 Å². The summed E-state index contributed by atoms with van der Waals surface area (Å²) < 4.78 is 0. The molecule has 0 aliphatic heterocycles. The molecule has 0 radical (unpaired) electrons. The Morgan fingerprint density at radius 1 is 1.28 bits per heavy atom. The van der Waals surface area contributed by atoms with Gasteiger partial charge < -0.3 is 10.6 Å². The number of aliphatic imine (C=N–C) groups is 1. The Kier molecular flexibility index (Phi) is 8.84. The van der Waals surface area contributed by atoms with Gasteiger partial charge >= 0.3 is 0 Å². The van der Waals surface area contributed by atoms with E-state index in [1.807, 2.05) is 11.3 Å². The molecular formula is C17H23IN4O2S. The molecule has 8 heteroatoms. The second-order valence-electron chi connectivity index (χ2n) is 5.61. The summed E-state index contributed by atoms with van der Waals surface area (Å²) in [6.07, 6.45) is 0.941. The zero-order valence-corrected chi connectivity index (χ0v) is 17.6. The van der Waals surface area contributed by atoms with Gasteiger partial charge in [-0.15, -0.1) is 35.3 Å². The average Bonchev–Trinajstić information content (AvgIpc) is 2.96. The molecular weight excluding hydrogens is 451 g/mol. The summed E-state index contributed by atoms with van der Waals surface area (Å²) in [4.78, 5) is 17.2. The van der Waals surface area contributed by atoms with Gasteiger partial charge in [0.1, 0.15) is 0 Å². The van der Waals surface area contributed by atoms with Crippen molar-refractivity contribution in [2.24, 2.45) is 4.99 Å². The smallest absolute Gasteiger partial charge is 0.269 e. The maximum absolute atomic E-state index is 10.7. The normalized spacial score (nSPS) is 12.2. The van der Waals surface area contributed by atoms with Gasteiger partial charge in [-0.25, -0.2) is 0 Å². The van der Waals surface area contributed by atoms with Gasteiger partial charge in [0.15, 0.2) is 5.96 Å². The standard InChI is InChI=1S/C17H22N4O2S.HI/c1-12(10-16-9-4-13(2)24-16)20-17(18-3)19-11-14-5-7-15(8-6-14)21(22)23;/h4-9,12H,10-11H2,1-3H3,(H2,18,19,20);1H.